The van der Waals surface area contributed by atoms with Crippen molar-refractivity contribution < 1.29 is 4.39 Å². The monoisotopic (exact) mass is 287 g/mol. The van der Waals surface area contributed by atoms with E-state index in [0.29, 0.717) is 5.92 Å². The van der Waals surface area contributed by atoms with E-state index in [1.165, 1.54) is 12.1 Å². The quantitative estimate of drug-likeness (QED) is 0.883. The van der Waals surface area contributed by atoms with Gasteiger partial charge in [0.15, 0.2) is 0 Å². The Morgan fingerprint density at radius 3 is 2.50 bits per heavy atom. The predicted octanol–water partition coefficient (Wildman–Crippen LogP) is 4.08. The number of halogens is 2. The standard InChI is InChI=1S/C13H19BrFN/c1-9(8-16-13(2,3)4)11-6-5-10(15)7-12(11)14/h5-7,9,16H,8H2,1-4H3. The van der Waals surface area contributed by atoms with Gasteiger partial charge in [0.25, 0.3) is 0 Å². The first-order chi connectivity index (χ1) is 7.29. The van der Waals surface area contributed by atoms with E-state index in [-0.39, 0.29) is 11.4 Å². The van der Waals surface area contributed by atoms with Gasteiger partial charge < -0.3 is 5.32 Å². The summed E-state index contributed by atoms with van der Waals surface area (Å²) >= 11 is 3.40. The van der Waals surface area contributed by atoms with E-state index in [1.807, 2.05) is 6.07 Å². The molecule has 0 saturated carbocycles. The molecule has 1 aromatic carbocycles. The Bertz CT molecular complexity index is 357. The third-order valence-corrected chi connectivity index (χ3v) is 3.12. The number of nitrogens with one attached hydrogen (secondary N) is 1. The molecule has 1 rings (SSSR count). The van der Waals surface area contributed by atoms with Crippen LogP contribution in [0.5, 0.6) is 0 Å². The van der Waals surface area contributed by atoms with Gasteiger partial charge in [0.1, 0.15) is 5.82 Å². The molecule has 3 heteroatoms. The van der Waals surface area contributed by atoms with Crippen molar-refractivity contribution in [2.75, 3.05) is 6.54 Å². The minimum absolute atomic E-state index is 0.112. The second-order valence-corrected chi connectivity index (χ2v) is 6.05. The summed E-state index contributed by atoms with van der Waals surface area (Å²) in [5.74, 6) is 0.154. The van der Waals surface area contributed by atoms with Gasteiger partial charge in [-0.3, -0.25) is 0 Å². The molecule has 0 amide bonds. The van der Waals surface area contributed by atoms with Gasteiger partial charge in [-0.15, -0.1) is 0 Å². The molecule has 0 aliphatic carbocycles. The number of hydrogen-bond donors (Lipinski definition) is 1. The first kappa shape index (κ1) is 13.7. The van der Waals surface area contributed by atoms with Crippen LogP contribution in [0.15, 0.2) is 22.7 Å². The van der Waals surface area contributed by atoms with E-state index in [1.54, 1.807) is 0 Å². The number of rotatable bonds is 3. The third-order valence-electron chi connectivity index (χ3n) is 2.43. The molecule has 0 aliphatic rings. The van der Waals surface area contributed by atoms with Crippen molar-refractivity contribution in [2.45, 2.75) is 39.2 Å². The second-order valence-electron chi connectivity index (χ2n) is 5.20. The molecule has 0 saturated heterocycles. The van der Waals surface area contributed by atoms with E-state index in [9.17, 15) is 4.39 Å². The highest BCUT2D eigenvalue weighted by molar-refractivity contribution is 9.10. The summed E-state index contributed by atoms with van der Waals surface area (Å²) in [6, 6.07) is 4.87. The number of benzene rings is 1. The Labute approximate surface area is 106 Å². The van der Waals surface area contributed by atoms with Gasteiger partial charge in [0.05, 0.1) is 0 Å². The largest absolute Gasteiger partial charge is 0.311 e. The fraction of sp³-hybridized carbons (Fsp3) is 0.538. The average molecular weight is 288 g/mol. The summed E-state index contributed by atoms with van der Waals surface area (Å²) in [6.45, 7) is 9.43. The first-order valence-corrected chi connectivity index (χ1v) is 6.29. The van der Waals surface area contributed by atoms with Gasteiger partial charge in [0.2, 0.25) is 0 Å². The maximum atomic E-state index is 12.9. The van der Waals surface area contributed by atoms with Crippen molar-refractivity contribution in [2.24, 2.45) is 0 Å². The summed E-state index contributed by atoms with van der Waals surface area (Å²) in [7, 11) is 0. The molecule has 0 aromatic heterocycles. The molecule has 1 unspecified atom stereocenters. The van der Waals surface area contributed by atoms with E-state index >= 15 is 0 Å². The first-order valence-electron chi connectivity index (χ1n) is 5.49. The predicted molar refractivity (Wildman–Crippen MR) is 70.3 cm³/mol. The zero-order valence-corrected chi connectivity index (χ0v) is 11.9. The SMILES string of the molecule is CC(CNC(C)(C)C)c1ccc(F)cc1Br. The molecule has 16 heavy (non-hydrogen) atoms. The fourth-order valence-electron chi connectivity index (χ4n) is 1.47. The maximum absolute atomic E-state index is 12.9. The maximum Gasteiger partial charge on any atom is 0.124 e. The summed E-state index contributed by atoms with van der Waals surface area (Å²) in [5.41, 5.74) is 1.25. The lowest BCUT2D eigenvalue weighted by Gasteiger charge is -2.24. The van der Waals surface area contributed by atoms with Crippen LogP contribution in [0.4, 0.5) is 4.39 Å². The number of hydrogen-bond acceptors (Lipinski definition) is 1. The van der Waals surface area contributed by atoms with Crippen LogP contribution in [-0.4, -0.2) is 12.1 Å². The summed E-state index contributed by atoms with van der Waals surface area (Å²) in [5, 5.41) is 3.45. The lowest BCUT2D eigenvalue weighted by atomic mass is 9.99. The van der Waals surface area contributed by atoms with Crippen LogP contribution < -0.4 is 5.32 Å². The molecule has 1 nitrogen and oxygen atoms in total. The highest BCUT2D eigenvalue weighted by Crippen LogP contribution is 2.25. The van der Waals surface area contributed by atoms with Gasteiger partial charge in [0, 0.05) is 16.6 Å². The minimum Gasteiger partial charge on any atom is -0.311 e. The van der Waals surface area contributed by atoms with Crippen LogP contribution in [-0.2, 0) is 0 Å². The van der Waals surface area contributed by atoms with Gasteiger partial charge >= 0.3 is 0 Å². The van der Waals surface area contributed by atoms with Crippen molar-refractivity contribution in [1.82, 2.24) is 5.32 Å². The van der Waals surface area contributed by atoms with Gasteiger partial charge in [-0.05, 0) is 44.4 Å². The van der Waals surface area contributed by atoms with Gasteiger partial charge in [-0.2, -0.15) is 0 Å². The highest BCUT2D eigenvalue weighted by Gasteiger charge is 2.14. The van der Waals surface area contributed by atoms with Crippen LogP contribution in [0, 0.1) is 5.82 Å². The van der Waals surface area contributed by atoms with Crippen molar-refractivity contribution in [3.8, 4) is 0 Å². The molecule has 0 aliphatic heterocycles. The lowest BCUT2D eigenvalue weighted by molar-refractivity contribution is 0.412. The summed E-state index contributed by atoms with van der Waals surface area (Å²) < 4.78 is 13.8. The smallest absolute Gasteiger partial charge is 0.124 e. The third kappa shape index (κ3) is 4.22. The Hall–Kier alpha value is -0.410. The zero-order valence-electron chi connectivity index (χ0n) is 10.3. The van der Waals surface area contributed by atoms with Gasteiger partial charge in [-0.25, -0.2) is 4.39 Å². The fourth-order valence-corrected chi connectivity index (χ4v) is 2.21. The van der Waals surface area contributed by atoms with E-state index in [4.69, 9.17) is 0 Å². The Kier molecular flexibility index (Phi) is 4.51. The van der Waals surface area contributed by atoms with Crippen LogP contribution in [0.25, 0.3) is 0 Å². The van der Waals surface area contributed by atoms with Crippen LogP contribution in [0.1, 0.15) is 39.2 Å². The van der Waals surface area contributed by atoms with E-state index < -0.39 is 0 Å². The molecular weight excluding hydrogens is 269 g/mol. The Balaban J connectivity index is 2.70. The molecule has 90 valence electrons. The Morgan fingerprint density at radius 2 is 2.00 bits per heavy atom. The lowest BCUT2D eigenvalue weighted by Crippen LogP contribution is -2.38. The molecular formula is C13H19BrFN. The van der Waals surface area contributed by atoms with Crippen molar-refractivity contribution in [3.63, 3.8) is 0 Å². The second kappa shape index (κ2) is 5.28. The Morgan fingerprint density at radius 1 is 1.38 bits per heavy atom. The van der Waals surface area contributed by atoms with Crippen molar-refractivity contribution >= 4 is 15.9 Å². The zero-order chi connectivity index (χ0) is 12.3. The van der Waals surface area contributed by atoms with E-state index in [0.717, 1.165) is 16.6 Å². The molecule has 0 heterocycles. The van der Waals surface area contributed by atoms with Crippen LogP contribution in [0.2, 0.25) is 0 Å². The summed E-state index contributed by atoms with van der Waals surface area (Å²) in [6.07, 6.45) is 0. The average Bonchev–Trinajstić information content (AvgIpc) is 2.13. The minimum atomic E-state index is -0.202. The molecule has 1 N–H and O–H groups in total. The molecule has 1 aromatic rings. The molecule has 0 bridgehead atoms. The van der Waals surface area contributed by atoms with E-state index in [2.05, 4.69) is 48.9 Å². The topological polar surface area (TPSA) is 12.0 Å². The molecule has 1 atom stereocenters. The van der Waals surface area contributed by atoms with Gasteiger partial charge in [-0.1, -0.05) is 28.9 Å². The molecule has 0 spiro atoms. The summed E-state index contributed by atoms with van der Waals surface area (Å²) in [4.78, 5) is 0. The van der Waals surface area contributed by atoms with Crippen molar-refractivity contribution in [3.05, 3.63) is 34.1 Å². The van der Waals surface area contributed by atoms with Crippen LogP contribution in [0.3, 0.4) is 0 Å². The molecule has 0 radical (unpaired) electrons. The molecule has 0 fully saturated rings. The normalized spacial score (nSPS) is 13.9. The highest BCUT2D eigenvalue weighted by atomic mass is 79.9. The van der Waals surface area contributed by atoms with Crippen molar-refractivity contribution in [1.29, 1.82) is 0 Å². The van der Waals surface area contributed by atoms with Crippen LogP contribution >= 0.6 is 15.9 Å².